The highest BCUT2D eigenvalue weighted by molar-refractivity contribution is 5.94. The van der Waals surface area contributed by atoms with Crippen molar-refractivity contribution in [2.75, 3.05) is 44.8 Å². The predicted octanol–water partition coefficient (Wildman–Crippen LogP) is 4.97. The van der Waals surface area contributed by atoms with Crippen LogP contribution in [0.25, 0.3) is 16.9 Å². The van der Waals surface area contributed by atoms with Crippen molar-refractivity contribution in [3.63, 3.8) is 0 Å². The van der Waals surface area contributed by atoms with Crippen LogP contribution >= 0.6 is 0 Å². The lowest BCUT2D eigenvalue weighted by molar-refractivity contribution is 0.0518. The number of methoxy groups -OCH3 is 1. The molecule has 1 amide bonds. The van der Waals surface area contributed by atoms with Gasteiger partial charge in [0.1, 0.15) is 23.1 Å². The molecule has 2 heterocycles. The van der Waals surface area contributed by atoms with Gasteiger partial charge in [0.05, 0.1) is 19.4 Å². The number of para-hydroxylation sites is 2. The molecule has 206 valence electrons. The van der Waals surface area contributed by atoms with E-state index in [2.05, 4.69) is 10.00 Å². The molecule has 0 bridgehead atoms. The maximum absolute atomic E-state index is 13.6. The highest BCUT2D eigenvalue weighted by Crippen LogP contribution is 2.31. The molecular formula is C30H28F2N4O4. The normalized spacial score (nSPS) is 13.3. The van der Waals surface area contributed by atoms with E-state index in [1.165, 1.54) is 0 Å². The van der Waals surface area contributed by atoms with E-state index in [1.807, 2.05) is 48.5 Å². The van der Waals surface area contributed by atoms with Gasteiger partial charge in [-0.3, -0.25) is 4.79 Å². The summed E-state index contributed by atoms with van der Waals surface area (Å²) >= 11 is 0. The fourth-order valence-electron chi connectivity index (χ4n) is 4.75. The van der Waals surface area contributed by atoms with Crippen molar-refractivity contribution < 1.29 is 27.8 Å². The minimum absolute atomic E-state index is 0.00384. The van der Waals surface area contributed by atoms with E-state index in [4.69, 9.17) is 9.47 Å². The van der Waals surface area contributed by atoms with Gasteiger partial charge in [0.15, 0.2) is 5.69 Å². The highest BCUT2D eigenvalue weighted by atomic mass is 19.1. The Morgan fingerprint density at radius 1 is 0.900 bits per heavy atom. The molecule has 0 saturated carbocycles. The average Bonchev–Trinajstić information content (AvgIpc) is 3.42. The van der Waals surface area contributed by atoms with E-state index in [9.17, 15) is 18.4 Å². The van der Waals surface area contributed by atoms with E-state index in [1.54, 1.807) is 29.7 Å². The zero-order valence-electron chi connectivity index (χ0n) is 22.1. The van der Waals surface area contributed by atoms with Crippen molar-refractivity contribution in [2.24, 2.45) is 0 Å². The monoisotopic (exact) mass is 546 g/mol. The van der Waals surface area contributed by atoms with Crippen LogP contribution in [-0.4, -0.2) is 66.5 Å². The molecule has 1 aliphatic heterocycles. The van der Waals surface area contributed by atoms with Crippen LogP contribution in [0.15, 0.2) is 72.8 Å². The first-order chi connectivity index (χ1) is 19.4. The number of ether oxygens (including phenoxy) is 2. The number of nitrogens with zero attached hydrogens (tertiary/aromatic N) is 4. The molecule has 0 aliphatic carbocycles. The highest BCUT2D eigenvalue weighted by Gasteiger charge is 2.24. The molecule has 8 nitrogen and oxygen atoms in total. The third kappa shape index (κ3) is 5.51. The lowest BCUT2D eigenvalue weighted by atomic mass is 10.1. The van der Waals surface area contributed by atoms with E-state index in [0.717, 1.165) is 29.4 Å². The number of carbonyl (C=O) groups is 2. The zero-order chi connectivity index (χ0) is 28.2. The Morgan fingerprint density at radius 2 is 1.57 bits per heavy atom. The Balaban J connectivity index is 1.35. The van der Waals surface area contributed by atoms with Crippen molar-refractivity contribution in [3.8, 4) is 22.7 Å². The summed E-state index contributed by atoms with van der Waals surface area (Å²) in [5.41, 5.74) is 3.35. The molecule has 0 unspecified atom stereocenters. The maximum atomic E-state index is 13.6. The van der Waals surface area contributed by atoms with Crippen molar-refractivity contribution in [1.82, 2.24) is 14.7 Å². The van der Waals surface area contributed by atoms with Crippen molar-refractivity contribution in [3.05, 3.63) is 95.7 Å². The molecule has 0 spiro atoms. The van der Waals surface area contributed by atoms with Gasteiger partial charge in [-0.1, -0.05) is 24.3 Å². The van der Waals surface area contributed by atoms with E-state index >= 15 is 0 Å². The lowest BCUT2D eigenvalue weighted by Crippen LogP contribution is -2.48. The summed E-state index contributed by atoms with van der Waals surface area (Å²) in [6, 6.07) is 19.8. The fourth-order valence-corrected chi connectivity index (χ4v) is 4.75. The van der Waals surface area contributed by atoms with Crippen LogP contribution in [0, 0.1) is 11.6 Å². The molecule has 0 radical (unpaired) electrons. The summed E-state index contributed by atoms with van der Waals surface area (Å²) < 4.78 is 39.5. The molecule has 10 heteroatoms. The molecule has 1 aliphatic rings. The fraction of sp³-hybridized carbons (Fsp3) is 0.233. The van der Waals surface area contributed by atoms with E-state index in [0.29, 0.717) is 43.3 Å². The predicted molar refractivity (Wildman–Crippen MR) is 146 cm³/mol. The Hall–Kier alpha value is -4.73. The van der Waals surface area contributed by atoms with Gasteiger partial charge in [0, 0.05) is 49.1 Å². The molecule has 0 atom stereocenters. The minimum atomic E-state index is -0.775. The molecular weight excluding hydrogens is 518 g/mol. The smallest absolute Gasteiger partial charge is 0.358 e. The van der Waals surface area contributed by atoms with Gasteiger partial charge in [-0.05, 0) is 49.4 Å². The van der Waals surface area contributed by atoms with Gasteiger partial charge in [0.25, 0.3) is 5.91 Å². The molecule has 3 aromatic carbocycles. The van der Waals surface area contributed by atoms with Crippen molar-refractivity contribution in [2.45, 2.75) is 6.92 Å². The molecule has 4 aromatic rings. The second kappa shape index (κ2) is 11.6. The third-order valence-electron chi connectivity index (χ3n) is 6.71. The van der Waals surface area contributed by atoms with E-state index < -0.39 is 23.5 Å². The standard InChI is InChI=1S/C30H28F2N4O4/c1-3-40-30(38)25-19-27(36(33-25)26-6-4-5-7-28(26)39-2)20-8-10-24(11-9-20)34-12-14-35(15-13-34)29(37)21-16-22(31)18-23(32)17-21/h4-11,16-19H,3,12-15H2,1-2H3. The Labute approximate surface area is 230 Å². The SMILES string of the molecule is CCOC(=O)c1cc(-c2ccc(N3CCN(C(=O)c4cc(F)cc(F)c4)CC3)cc2)n(-c2ccccc2OC)n1. The average molecular weight is 547 g/mol. The van der Waals surface area contributed by atoms with E-state index in [-0.39, 0.29) is 17.9 Å². The lowest BCUT2D eigenvalue weighted by Gasteiger charge is -2.36. The number of aromatic nitrogens is 2. The van der Waals surface area contributed by atoms with Crippen molar-refractivity contribution >= 4 is 17.6 Å². The Kier molecular flexibility index (Phi) is 7.77. The van der Waals surface area contributed by atoms with Crippen LogP contribution < -0.4 is 9.64 Å². The zero-order valence-corrected chi connectivity index (χ0v) is 22.1. The first-order valence-corrected chi connectivity index (χ1v) is 12.9. The summed E-state index contributed by atoms with van der Waals surface area (Å²) in [6.07, 6.45) is 0. The van der Waals surface area contributed by atoms with Crippen LogP contribution in [0.2, 0.25) is 0 Å². The number of hydrogen-bond donors (Lipinski definition) is 0. The second-order valence-electron chi connectivity index (χ2n) is 9.20. The van der Waals surface area contributed by atoms with Gasteiger partial charge >= 0.3 is 5.97 Å². The Bertz CT molecular complexity index is 1510. The quantitative estimate of drug-likeness (QED) is 0.305. The number of piperazine rings is 1. The van der Waals surface area contributed by atoms with Gasteiger partial charge in [-0.25, -0.2) is 18.3 Å². The second-order valence-corrected chi connectivity index (χ2v) is 9.20. The summed E-state index contributed by atoms with van der Waals surface area (Å²) in [6.45, 7) is 3.95. The van der Waals surface area contributed by atoms with Gasteiger partial charge in [-0.2, -0.15) is 5.10 Å². The number of halogens is 2. The van der Waals surface area contributed by atoms with Crippen LogP contribution in [-0.2, 0) is 4.74 Å². The van der Waals surface area contributed by atoms with Gasteiger partial charge in [-0.15, -0.1) is 0 Å². The molecule has 1 saturated heterocycles. The number of benzene rings is 3. The molecule has 1 aromatic heterocycles. The number of esters is 1. The van der Waals surface area contributed by atoms with Gasteiger partial charge in [0.2, 0.25) is 0 Å². The number of hydrogen-bond acceptors (Lipinski definition) is 6. The molecule has 40 heavy (non-hydrogen) atoms. The summed E-state index contributed by atoms with van der Waals surface area (Å²) in [7, 11) is 1.58. The van der Waals surface area contributed by atoms with Crippen LogP contribution in [0.3, 0.4) is 0 Å². The Morgan fingerprint density at radius 3 is 2.23 bits per heavy atom. The van der Waals surface area contributed by atoms with Gasteiger partial charge < -0.3 is 19.3 Å². The number of rotatable bonds is 7. The number of anilines is 1. The van der Waals surface area contributed by atoms with Crippen LogP contribution in [0.5, 0.6) is 5.75 Å². The number of amides is 1. The topological polar surface area (TPSA) is 76.9 Å². The van der Waals surface area contributed by atoms with Crippen LogP contribution in [0.1, 0.15) is 27.8 Å². The van der Waals surface area contributed by atoms with Crippen LogP contribution in [0.4, 0.5) is 14.5 Å². The summed E-state index contributed by atoms with van der Waals surface area (Å²) in [4.78, 5) is 29.0. The number of carbonyl (C=O) groups excluding carboxylic acids is 2. The minimum Gasteiger partial charge on any atom is -0.494 e. The third-order valence-corrected chi connectivity index (χ3v) is 6.71. The molecule has 5 rings (SSSR count). The molecule has 1 fully saturated rings. The maximum Gasteiger partial charge on any atom is 0.358 e. The summed E-state index contributed by atoms with van der Waals surface area (Å²) in [5, 5.41) is 4.52. The van der Waals surface area contributed by atoms with Crippen molar-refractivity contribution in [1.29, 1.82) is 0 Å². The largest absolute Gasteiger partial charge is 0.494 e. The summed E-state index contributed by atoms with van der Waals surface area (Å²) in [5.74, 6) is -1.85. The first-order valence-electron chi connectivity index (χ1n) is 12.9. The molecule has 0 N–H and O–H groups in total. The first kappa shape index (κ1) is 26.9.